The minimum absolute atomic E-state index is 0.102. The second-order valence-corrected chi connectivity index (χ2v) is 9.77. The Bertz CT molecular complexity index is 1760. The van der Waals surface area contributed by atoms with Crippen LogP contribution >= 0.6 is 0 Å². The van der Waals surface area contributed by atoms with Crippen LogP contribution in [0.5, 0.6) is 0 Å². The van der Waals surface area contributed by atoms with Gasteiger partial charge in [-0.3, -0.25) is 4.79 Å². The second kappa shape index (κ2) is 10.5. The van der Waals surface area contributed by atoms with Gasteiger partial charge in [0.15, 0.2) is 5.96 Å². The van der Waals surface area contributed by atoms with Gasteiger partial charge in [-0.1, -0.05) is 36.4 Å². The lowest BCUT2D eigenvalue weighted by Crippen LogP contribution is -2.44. The van der Waals surface area contributed by atoms with Gasteiger partial charge >= 0.3 is 6.18 Å². The van der Waals surface area contributed by atoms with Crippen molar-refractivity contribution in [3.63, 3.8) is 0 Å². The number of hydrogen-bond donors (Lipinski definition) is 2. The molecule has 1 aromatic heterocycles. The van der Waals surface area contributed by atoms with Crippen LogP contribution in [0.15, 0.2) is 82.6 Å². The molecule has 206 valence electrons. The number of nitrogens with zero attached hydrogens (tertiary/aromatic N) is 5. The number of nitrogens with one attached hydrogen (secondary N) is 2. The fourth-order valence-corrected chi connectivity index (χ4v) is 5.07. The van der Waals surface area contributed by atoms with E-state index in [4.69, 9.17) is 4.98 Å². The Morgan fingerprint density at radius 2 is 1.83 bits per heavy atom. The zero-order valence-electron chi connectivity index (χ0n) is 21.7. The van der Waals surface area contributed by atoms with E-state index in [1.54, 1.807) is 12.1 Å². The number of benzene rings is 3. The van der Waals surface area contributed by atoms with Crippen molar-refractivity contribution in [1.82, 2.24) is 14.5 Å². The van der Waals surface area contributed by atoms with Crippen LogP contribution in [0.4, 0.5) is 24.8 Å². The van der Waals surface area contributed by atoms with Gasteiger partial charge in [-0.15, -0.1) is 0 Å². The highest BCUT2D eigenvalue weighted by Gasteiger charge is 2.32. The highest BCUT2D eigenvalue weighted by Crippen LogP contribution is 2.33. The van der Waals surface area contributed by atoms with E-state index >= 15 is 0 Å². The Hall–Kier alpha value is -5.11. The van der Waals surface area contributed by atoms with Crippen LogP contribution in [0.25, 0.3) is 5.69 Å². The van der Waals surface area contributed by atoms with E-state index in [1.165, 1.54) is 10.6 Å². The third kappa shape index (κ3) is 5.12. The number of halogens is 3. The summed E-state index contributed by atoms with van der Waals surface area (Å²) in [4.78, 5) is 25.2. The van der Waals surface area contributed by atoms with Crippen molar-refractivity contribution < 1.29 is 13.2 Å². The number of guanidine groups is 1. The molecule has 0 radical (unpaired) electrons. The summed E-state index contributed by atoms with van der Waals surface area (Å²) in [6, 6.07) is 22.2. The van der Waals surface area contributed by atoms with Crippen LogP contribution < -0.4 is 16.2 Å². The van der Waals surface area contributed by atoms with Gasteiger partial charge in [-0.05, 0) is 47.5 Å². The number of anilines is 2. The normalized spacial score (nSPS) is 14.3. The third-order valence-corrected chi connectivity index (χ3v) is 7.20. The standard InChI is InChI=1S/C30H24F3N7O/c31-30(32,33)22-10-11-25-21(14-22)17-35-28(37-25)39-13-12-26-24(18-39)27(41)40(23-8-2-1-3-9-23)29(38-26)36-16-20-7-5-4-6-19(20)15-34/h1-11,14H,12-13,16-18H2,(H,35,37)(H,36,38). The van der Waals surface area contributed by atoms with E-state index in [9.17, 15) is 23.2 Å². The molecule has 0 saturated heterocycles. The molecule has 0 fully saturated rings. The Labute approximate surface area is 233 Å². The summed E-state index contributed by atoms with van der Waals surface area (Å²) in [5, 5.41) is 15.9. The first kappa shape index (κ1) is 26.1. The Morgan fingerprint density at radius 3 is 2.61 bits per heavy atom. The van der Waals surface area contributed by atoms with Crippen LogP contribution in [0.3, 0.4) is 0 Å². The molecule has 0 atom stereocenters. The van der Waals surface area contributed by atoms with Crippen molar-refractivity contribution in [2.24, 2.45) is 4.99 Å². The molecule has 11 heteroatoms. The quantitative estimate of drug-likeness (QED) is 0.365. The number of nitriles is 1. The Balaban J connectivity index is 1.30. The number of aliphatic imine (C=N–C) groups is 1. The SMILES string of the molecule is N#Cc1ccccc1CNc1nc2c(c(=O)n1-c1ccccc1)CN(C1=NCc3cc(C(F)(F)F)ccc3N1)CC2. The summed E-state index contributed by atoms with van der Waals surface area (Å²) in [6.07, 6.45) is -3.95. The highest BCUT2D eigenvalue weighted by molar-refractivity contribution is 5.96. The fourth-order valence-electron chi connectivity index (χ4n) is 5.07. The molecule has 6 rings (SSSR count). The summed E-state index contributed by atoms with van der Waals surface area (Å²) in [5.41, 5.74) is 3.24. The molecule has 0 unspecified atom stereocenters. The second-order valence-electron chi connectivity index (χ2n) is 9.77. The zero-order valence-corrected chi connectivity index (χ0v) is 21.7. The third-order valence-electron chi connectivity index (χ3n) is 7.20. The molecule has 0 aliphatic carbocycles. The monoisotopic (exact) mass is 555 g/mol. The number of alkyl halides is 3. The van der Waals surface area contributed by atoms with E-state index < -0.39 is 11.7 Å². The van der Waals surface area contributed by atoms with Crippen LogP contribution in [0, 0.1) is 11.3 Å². The fraction of sp³-hybridized carbons (Fsp3) is 0.200. The molecule has 3 aromatic carbocycles. The molecule has 8 nitrogen and oxygen atoms in total. The average Bonchev–Trinajstić information content (AvgIpc) is 2.99. The van der Waals surface area contributed by atoms with Gasteiger partial charge in [-0.2, -0.15) is 18.4 Å². The molecule has 2 aliphatic rings. The van der Waals surface area contributed by atoms with Gasteiger partial charge in [-0.25, -0.2) is 14.5 Å². The zero-order chi connectivity index (χ0) is 28.6. The molecular formula is C30H24F3N7O. The van der Waals surface area contributed by atoms with Crippen molar-refractivity contribution in [3.8, 4) is 11.8 Å². The summed E-state index contributed by atoms with van der Waals surface area (Å²) in [6.45, 7) is 1.18. The minimum Gasteiger partial charge on any atom is -0.351 e. The number of rotatable bonds is 4. The maximum atomic E-state index is 14.0. The van der Waals surface area contributed by atoms with Crippen molar-refractivity contribution in [1.29, 1.82) is 5.26 Å². The number of fused-ring (bicyclic) bond motifs is 2. The van der Waals surface area contributed by atoms with Gasteiger partial charge in [0.25, 0.3) is 5.56 Å². The van der Waals surface area contributed by atoms with Crippen LogP contribution in [0.1, 0.15) is 33.5 Å². The van der Waals surface area contributed by atoms with E-state index in [1.807, 2.05) is 47.4 Å². The van der Waals surface area contributed by atoms with Crippen molar-refractivity contribution in [3.05, 3.63) is 117 Å². The van der Waals surface area contributed by atoms with E-state index in [-0.39, 0.29) is 18.6 Å². The molecule has 0 spiro atoms. The van der Waals surface area contributed by atoms with Gasteiger partial charge in [0.05, 0.1) is 47.2 Å². The lowest BCUT2D eigenvalue weighted by molar-refractivity contribution is -0.137. The maximum Gasteiger partial charge on any atom is 0.416 e. The summed E-state index contributed by atoms with van der Waals surface area (Å²) in [7, 11) is 0. The van der Waals surface area contributed by atoms with Gasteiger partial charge in [0.1, 0.15) is 0 Å². The van der Waals surface area contributed by atoms with Gasteiger partial charge < -0.3 is 15.5 Å². The average molecular weight is 556 g/mol. The van der Waals surface area contributed by atoms with Crippen LogP contribution in [-0.4, -0.2) is 27.0 Å². The molecule has 0 saturated carbocycles. The molecule has 2 aliphatic heterocycles. The minimum atomic E-state index is -4.42. The maximum absolute atomic E-state index is 14.0. The summed E-state index contributed by atoms with van der Waals surface area (Å²) in [5.74, 6) is 0.882. The predicted molar refractivity (Wildman–Crippen MR) is 149 cm³/mol. The van der Waals surface area contributed by atoms with E-state index in [2.05, 4.69) is 21.7 Å². The lowest BCUT2D eigenvalue weighted by Gasteiger charge is -2.33. The van der Waals surface area contributed by atoms with Gasteiger partial charge in [0, 0.05) is 25.2 Å². The number of aromatic nitrogens is 2. The Morgan fingerprint density at radius 1 is 1.05 bits per heavy atom. The molecule has 0 bridgehead atoms. The first-order valence-electron chi connectivity index (χ1n) is 13.0. The molecule has 0 amide bonds. The van der Waals surface area contributed by atoms with Crippen LogP contribution in [0.2, 0.25) is 0 Å². The van der Waals surface area contributed by atoms with Crippen molar-refractivity contribution in [2.45, 2.75) is 32.2 Å². The summed E-state index contributed by atoms with van der Waals surface area (Å²) < 4.78 is 40.9. The smallest absolute Gasteiger partial charge is 0.351 e. The van der Waals surface area contributed by atoms with E-state index in [0.717, 1.165) is 17.7 Å². The highest BCUT2D eigenvalue weighted by atomic mass is 19.4. The lowest BCUT2D eigenvalue weighted by atomic mass is 10.1. The molecule has 41 heavy (non-hydrogen) atoms. The number of hydrogen-bond acceptors (Lipinski definition) is 7. The van der Waals surface area contributed by atoms with Crippen molar-refractivity contribution >= 4 is 17.6 Å². The van der Waals surface area contributed by atoms with Crippen LogP contribution in [-0.2, 0) is 32.2 Å². The first-order valence-corrected chi connectivity index (χ1v) is 13.0. The largest absolute Gasteiger partial charge is 0.416 e. The first-order chi connectivity index (χ1) is 19.8. The van der Waals surface area contributed by atoms with Gasteiger partial charge in [0.2, 0.25) is 5.95 Å². The molecule has 4 aromatic rings. The predicted octanol–water partition coefficient (Wildman–Crippen LogP) is 5.07. The topological polar surface area (TPSA) is 98.3 Å². The molecule has 3 heterocycles. The van der Waals surface area contributed by atoms with E-state index in [0.29, 0.717) is 65.2 Å². The summed E-state index contributed by atoms with van der Waals surface area (Å²) >= 11 is 0. The number of para-hydroxylation sites is 1. The van der Waals surface area contributed by atoms with Crippen molar-refractivity contribution in [2.75, 3.05) is 17.2 Å². The molecular weight excluding hydrogens is 531 g/mol. The Kier molecular flexibility index (Phi) is 6.67. The molecule has 2 N–H and O–H groups in total.